The fourth-order valence-electron chi connectivity index (χ4n) is 2.60. The Labute approximate surface area is 166 Å². The molecule has 2 amide bonds. The van der Waals surface area contributed by atoms with Gasteiger partial charge in [0.25, 0.3) is 0 Å². The number of carboxylic acid groups (broad SMARTS) is 1. The lowest BCUT2D eigenvalue weighted by atomic mass is 10.1. The van der Waals surface area contributed by atoms with E-state index in [2.05, 4.69) is 10.6 Å². The van der Waals surface area contributed by atoms with Gasteiger partial charge in [-0.15, -0.1) is 0 Å². The Morgan fingerprint density at radius 1 is 0.897 bits per heavy atom. The first-order valence-corrected chi connectivity index (χ1v) is 8.65. The highest BCUT2D eigenvalue weighted by molar-refractivity contribution is 6.01. The number of amides is 2. The molecule has 0 bridgehead atoms. The number of aromatic carboxylic acids is 1. The number of anilines is 2. The van der Waals surface area contributed by atoms with Crippen LogP contribution >= 0.6 is 0 Å². The van der Waals surface area contributed by atoms with Crippen LogP contribution in [0.5, 0.6) is 0 Å². The number of furan rings is 1. The van der Waals surface area contributed by atoms with E-state index in [1.165, 1.54) is 12.1 Å². The van der Waals surface area contributed by atoms with Crippen molar-refractivity contribution in [2.75, 3.05) is 23.8 Å². The van der Waals surface area contributed by atoms with E-state index >= 15 is 0 Å². The van der Waals surface area contributed by atoms with Crippen LogP contribution in [0.1, 0.15) is 10.4 Å². The second kappa shape index (κ2) is 9.34. The van der Waals surface area contributed by atoms with Crippen molar-refractivity contribution < 1.29 is 28.6 Å². The second-order valence-corrected chi connectivity index (χ2v) is 6.03. The molecular weight excluding hydrogens is 376 g/mol. The van der Waals surface area contributed by atoms with Crippen molar-refractivity contribution >= 4 is 29.2 Å². The van der Waals surface area contributed by atoms with E-state index in [4.69, 9.17) is 14.3 Å². The zero-order valence-corrected chi connectivity index (χ0v) is 15.3. The number of rotatable bonds is 8. The van der Waals surface area contributed by atoms with Crippen molar-refractivity contribution in [3.05, 3.63) is 72.7 Å². The molecule has 0 saturated carbocycles. The van der Waals surface area contributed by atoms with Crippen LogP contribution in [0.4, 0.5) is 11.4 Å². The minimum Gasteiger partial charge on any atom is -0.478 e. The molecule has 1 aromatic heterocycles. The summed E-state index contributed by atoms with van der Waals surface area (Å²) >= 11 is 0. The maximum Gasteiger partial charge on any atom is 0.337 e. The molecule has 0 radical (unpaired) electrons. The van der Waals surface area contributed by atoms with Crippen LogP contribution in [0.2, 0.25) is 0 Å². The van der Waals surface area contributed by atoms with Crippen LogP contribution in [-0.2, 0) is 14.3 Å². The summed E-state index contributed by atoms with van der Waals surface area (Å²) in [4.78, 5) is 35.1. The van der Waals surface area contributed by atoms with Gasteiger partial charge < -0.3 is 24.9 Å². The number of para-hydroxylation sites is 1. The molecule has 0 atom stereocenters. The van der Waals surface area contributed by atoms with E-state index in [0.29, 0.717) is 5.69 Å². The summed E-state index contributed by atoms with van der Waals surface area (Å²) in [5, 5.41) is 14.2. The lowest BCUT2D eigenvalue weighted by Gasteiger charge is -2.09. The Morgan fingerprint density at radius 3 is 2.38 bits per heavy atom. The molecule has 0 aliphatic heterocycles. The summed E-state index contributed by atoms with van der Waals surface area (Å²) in [7, 11) is 0. The molecule has 2 aromatic carbocycles. The lowest BCUT2D eigenvalue weighted by Crippen LogP contribution is -2.24. The van der Waals surface area contributed by atoms with Gasteiger partial charge in [-0.3, -0.25) is 9.59 Å². The second-order valence-electron chi connectivity index (χ2n) is 6.03. The van der Waals surface area contributed by atoms with E-state index in [-0.39, 0.29) is 17.9 Å². The first-order valence-electron chi connectivity index (χ1n) is 8.65. The van der Waals surface area contributed by atoms with Crippen LogP contribution in [0, 0.1) is 0 Å². The molecule has 0 fully saturated rings. The smallest absolute Gasteiger partial charge is 0.337 e. The summed E-state index contributed by atoms with van der Waals surface area (Å²) in [5.74, 6) is -2.14. The molecule has 3 aromatic rings. The average molecular weight is 394 g/mol. The van der Waals surface area contributed by atoms with E-state index in [1.807, 2.05) is 12.1 Å². The number of hydrogen-bond donors (Lipinski definition) is 3. The van der Waals surface area contributed by atoms with Gasteiger partial charge in [0.2, 0.25) is 11.8 Å². The highest BCUT2D eigenvalue weighted by Gasteiger charge is 2.12. The van der Waals surface area contributed by atoms with Crippen molar-refractivity contribution in [3.63, 3.8) is 0 Å². The Kier molecular flexibility index (Phi) is 6.39. The number of carbonyl (C=O) groups excluding carboxylic acids is 2. The number of hydrogen-bond acceptors (Lipinski definition) is 5. The molecular formula is C21H18N2O6. The number of benzene rings is 2. The van der Waals surface area contributed by atoms with Crippen LogP contribution in [0.3, 0.4) is 0 Å². The largest absolute Gasteiger partial charge is 0.478 e. The SMILES string of the molecule is O=C(COCC(=O)Nc1ccccc1C(=O)O)Nc1cccc(-c2ccoc2)c1. The molecule has 29 heavy (non-hydrogen) atoms. The van der Waals surface area contributed by atoms with Crippen LogP contribution in [-0.4, -0.2) is 36.1 Å². The molecule has 3 N–H and O–H groups in total. The Bertz CT molecular complexity index is 1010. The van der Waals surface area contributed by atoms with Gasteiger partial charge in [-0.25, -0.2) is 4.79 Å². The van der Waals surface area contributed by atoms with E-state index < -0.39 is 24.4 Å². The Balaban J connectivity index is 1.47. The van der Waals surface area contributed by atoms with E-state index in [9.17, 15) is 14.4 Å². The van der Waals surface area contributed by atoms with Gasteiger partial charge in [0.05, 0.1) is 23.8 Å². The topological polar surface area (TPSA) is 118 Å². The molecule has 8 nitrogen and oxygen atoms in total. The number of carbonyl (C=O) groups is 3. The van der Waals surface area contributed by atoms with Crippen LogP contribution in [0.25, 0.3) is 11.1 Å². The van der Waals surface area contributed by atoms with Crippen molar-refractivity contribution in [2.45, 2.75) is 0 Å². The van der Waals surface area contributed by atoms with Gasteiger partial charge in [0, 0.05) is 11.3 Å². The van der Waals surface area contributed by atoms with Crippen molar-refractivity contribution in [1.82, 2.24) is 0 Å². The third-order valence-electron chi connectivity index (χ3n) is 3.90. The minimum absolute atomic E-state index is 0.0314. The minimum atomic E-state index is -1.15. The van der Waals surface area contributed by atoms with Crippen LogP contribution in [0.15, 0.2) is 71.5 Å². The first-order chi connectivity index (χ1) is 14.0. The zero-order valence-electron chi connectivity index (χ0n) is 15.3. The fraction of sp³-hybridized carbons (Fsp3) is 0.0952. The Morgan fingerprint density at radius 2 is 1.66 bits per heavy atom. The van der Waals surface area contributed by atoms with Gasteiger partial charge in [-0.2, -0.15) is 0 Å². The normalized spacial score (nSPS) is 10.3. The van der Waals surface area contributed by atoms with Crippen molar-refractivity contribution in [1.29, 1.82) is 0 Å². The molecule has 1 heterocycles. The molecule has 148 valence electrons. The summed E-state index contributed by atoms with van der Waals surface area (Å²) in [6.45, 7) is -0.722. The molecule has 0 aliphatic carbocycles. The number of carboxylic acids is 1. The predicted octanol–water partition coefficient (Wildman–Crippen LogP) is 3.24. The fourth-order valence-corrected chi connectivity index (χ4v) is 2.60. The predicted molar refractivity (Wildman–Crippen MR) is 106 cm³/mol. The molecule has 0 unspecified atom stereocenters. The average Bonchev–Trinajstić information content (AvgIpc) is 3.23. The highest BCUT2D eigenvalue weighted by Crippen LogP contribution is 2.22. The monoisotopic (exact) mass is 394 g/mol. The summed E-state index contributed by atoms with van der Waals surface area (Å²) in [6, 6.07) is 15.0. The van der Waals surface area contributed by atoms with Crippen LogP contribution < -0.4 is 10.6 Å². The molecule has 0 saturated heterocycles. The molecule has 3 rings (SSSR count). The summed E-state index contributed by atoms with van der Waals surface area (Å²) in [5.41, 5.74) is 2.48. The first kappa shape index (κ1) is 19.8. The maximum atomic E-state index is 12.0. The molecule has 0 spiro atoms. The Hall–Kier alpha value is -3.91. The third-order valence-corrected chi connectivity index (χ3v) is 3.90. The number of nitrogens with one attached hydrogen (secondary N) is 2. The van der Waals surface area contributed by atoms with Gasteiger partial charge in [-0.1, -0.05) is 24.3 Å². The third kappa shape index (κ3) is 5.53. The van der Waals surface area contributed by atoms with E-state index in [0.717, 1.165) is 11.1 Å². The summed E-state index contributed by atoms with van der Waals surface area (Å²) < 4.78 is 10.2. The highest BCUT2D eigenvalue weighted by atomic mass is 16.5. The van der Waals surface area contributed by atoms with Gasteiger partial charge >= 0.3 is 5.97 Å². The maximum absolute atomic E-state index is 12.0. The van der Waals surface area contributed by atoms with Crippen molar-refractivity contribution in [3.8, 4) is 11.1 Å². The quantitative estimate of drug-likeness (QED) is 0.540. The lowest BCUT2D eigenvalue weighted by molar-refractivity contribution is -0.125. The van der Waals surface area contributed by atoms with Gasteiger partial charge in [0.1, 0.15) is 13.2 Å². The molecule has 0 aliphatic rings. The van der Waals surface area contributed by atoms with Crippen molar-refractivity contribution in [2.24, 2.45) is 0 Å². The summed E-state index contributed by atoms with van der Waals surface area (Å²) in [6.07, 6.45) is 3.17. The zero-order chi connectivity index (χ0) is 20.6. The van der Waals surface area contributed by atoms with E-state index in [1.54, 1.807) is 42.9 Å². The molecule has 8 heteroatoms. The van der Waals surface area contributed by atoms with Gasteiger partial charge in [0.15, 0.2) is 0 Å². The standard InChI is InChI=1S/C21H18N2O6/c24-19(22-16-5-3-4-14(10-16)15-8-9-28-11-15)12-29-13-20(25)23-18-7-2-1-6-17(18)21(26)27/h1-11H,12-13H2,(H,22,24)(H,23,25)(H,26,27). The number of ether oxygens (including phenoxy) is 1. The van der Waals surface area contributed by atoms with Gasteiger partial charge in [-0.05, 0) is 35.9 Å².